The molecule has 0 bridgehead atoms. The summed E-state index contributed by atoms with van der Waals surface area (Å²) in [5, 5.41) is 3.21. The van der Waals surface area contributed by atoms with Crippen LogP contribution in [0.1, 0.15) is 27.7 Å². The zero-order valence-corrected chi connectivity index (χ0v) is 7.74. The van der Waals surface area contributed by atoms with Gasteiger partial charge in [-0.3, -0.25) is 4.79 Å². The van der Waals surface area contributed by atoms with E-state index in [0.29, 0.717) is 0 Å². The van der Waals surface area contributed by atoms with E-state index in [1.807, 2.05) is 0 Å². The first-order valence-electron chi connectivity index (χ1n) is 3.64. The topological polar surface area (TPSA) is 75.1 Å². The van der Waals surface area contributed by atoms with Gasteiger partial charge >= 0.3 is 5.97 Å². The molecule has 0 saturated carbocycles. The quantitative estimate of drug-likeness (QED) is 0.276. The van der Waals surface area contributed by atoms with Crippen molar-refractivity contribution in [3.05, 3.63) is 10.4 Å². The van der Waals surface area contributed by atoms with E-state index < -0.39 is 17.6 Å². The van der Waals surface area contributed by atoms with Crippen molar-refractivity contribution in [2.24, 2.45) is 5.11 Å². The number of ether oxygens (including phenoxy) is 1. The molecule has 0 aliphatic heterocycles. The number of nitrogens with zero attached hydrogens (tertiary/aromatic N) is 3. The molecule has 0 rings (SSSR count). The Labute approximate surface area is 71.3 Å². The van der Waals surface area contributed by atoms with Gasteiger partial charge in [0.05, 0.1) is 0 Å². The molecule has 0 unspecified atom stereocenters. The lowest BCUT2D eigenvalue weighted by Crippen LogP contribution is -2.29. The molecular weight excluding hydrogens is 158 g/mol. The zero-order valence-electron chi connectivity index (χ0n) is 7.74. The van der Waals surface area contributed by atoms with Gasteiger partial charge in [0.25, 0.3) is 0 Å². The van der Waals surface area contributed by atoms with Crippen LogP contribution in [0.15, 0.2) is 5.11 Å². The third-order valence-corrected chi connectivity index (χ3v) is 0.973. The lowest BCUT2D eigenvalue weighted by molar-refractivity contribution is -0.155. The fraction of sp³-hybridized carbons (Fsp3) is 0.857. The molecule has 0 aliphatic carbocycles. The summed E-state index contributed by atoms with van der Waals surface area (Å²) in [5.41, 5.74) is 7.50. The van der Waals surface area contributed by atoms with Crippen molar-refractivity contribution in [2.75, 3.05) is 0 Å². The standard InChI is InChI=1S/C7H13N3O2/c1-5(9-10-8)6(11)12-7(2,3)4/h5H,1-4H3/t5-/m0/s1. The van der Waals surface area contributed by atoms with Crippen LogP contribution in [0.2, 0.25) is 0 Å². The molecule has 0 heterocycles. The van der Waals surface area contributed by atoms with Crippen LogP contribution in [0.25, 0.3) is 10.4 Å². The van der Waals surface area contributed by atoms with Crippen LogP contribution >= 0.6 is 0 Å². The van der Waals surface area contributed by atoms with Crippen molar-refractivity contribution >= 4 is 5.97 Å². The number of azide groups is 1. The highest BCUT2D eigenvalue weighted by Gasteiger charge is 2.20. The van der Waals surface area contributed by atoms with E-state index >= 15 is 0 Å². The fourth-order valence-corrected chi connectivity index (χ4v) is 0.512. The zero-order chi connectivity index (χ0) is 9.78. The van der Waals surface area contributed by atoms with Crippen molar-refractivity contribution in [3.8, 4) is 0 Å². The number of hydrogen-bond donors (Lipinski definition) is 0. The van der Waals surface area contributed by atoms with E-state index in [2.05, 4.69) is 10.0 Å². The largest absolute Gasteiger partial charge is 0.460 e. The molecule has 0 aromatic rings. The summed E-state index contributed by atoms with van der Waals surface area (Å²) >= 11 is 0. The SMILES string of the molecule is C[C@H](N=[N+]=[N-])C(=O)OC(C)(C)C. The highest BCUT2D eigenvalue weighted by atomic mass is 16.6. The summed E-state index contributed by atoms with van der Waals surface area (Å²) in [4.78, 5) is 13.6. The average molecular weight is 171 g/mol. The molecule has 0 spiro atoms. The first-order valence-corrected chi connectivity index (χ1v) is 3.64. The first-order chi connectivity index (χ1) is 5.37. The molecular formula is C7H13N3O2. The Kier molecular flexibility index (Phi) is 3.57. The Hall–Kier alpha value is -1.22. The van der Waals surface area contributed by atoms with E-state index in [-0.39, 0.29) is 0 Å². The van der Waals surface area contributed by atoms with Crippen molar-refractivity contribution in [1.82, 2.24) is 0 Å². The van der Waals surface area contributed by atoms with Gasteiger partial charge in [0.2, 0.25) is 0 Å². The summed E-state index contributed by atoms with van der Waals surface area (Å²) < 4.78 is 4.95. The monoisotopic (exact) mass is 171 g/mol. The highest BCUT2D eigenvalue weighted by molar-refractivity contribution is 5.75. The van der Waals surface area contributed by atoms with Gasteiger partial charge in [-0.2, -0.15) is 0 Å². The predicted octanol–water partition coefficient (Wildman–Crippen LogP) is 2.03. The Balaban J connectivity index is 4.14. The highest BCUT2D eigenvalue weighted by Crippen LogP contribution is 2.09. The van der Waals surface area contributed by atoms with Crippen molar-refractivity contribution in [1.29, 1.82) is 0 Å². The molecule has 0 saturated heterocycles. The van der Waals surface area contributed by atoms with E-state index in [1.165, 1.54) is 6.92 Å². The van der Waals surface area contributed by atoms with Gasteiger partial charge in [-0.25, -0.2) is 0 Å². The molecule has 0 radical (unpaired) electrons. The molecule has 0 aromatic carbocycles. The molecule has 0 aromatic heterocycles. The first kappa shape index (κ1) is 10.8. The maximum absolute atomic E-state index is 11.1. The minimum atomic E-state index is -0.755. The van der Waals surface area contributed by atoms with Crippen LogP contribution in [0.4, 0.5) is 0 Å². The van der Waals surface area contributed by atoms with E-state index in [1.54, 1.807) is 20.8 Å². The number of hydrogen-bond acceptors (Lipinski definition) is 3. The van der Waals surface area contributed by atoms with Gasteiger partial charge in [0.15, 0.2) is 0 Å². The van der Waals surface area contributed by atoms with E-state index in [4.69, 9.17) is 10.3 Å². The molecule has 0 N–H and O–H groups in total. The minimum absolute atomic E-state index is 0.500. The minimum Gasteiger partial charge on any atom is -0.460 e. The number of rotatable bonds is 2. The lowest BCUT2D eigenvalue weighted by Gasteiger charge is -2.20. The second kappa shape index (κ2) is 3.97. The maximum atomic E-state index is 11.1. The molecule has 68 valence electrons. The average Bonchev–Trinajstić information content (AvgIpc) is 1.84. The lowest BCUT2D eigenvalue weighted by atomic mass is 10.2. The number of carbonyl (C=O) groups is 1. The number of carbonyl (C=O) groups excluding carboxylic acids is 1. The summed E-state index contributed by atoms with van der Waals surface area (Å²) in [7, 11) is 0. The van der Waals surface area contributed by atoms with Gasteiger partial charge in [-0.1, -0.05) is 5.11 Å². The second-order valence-corrected chi connectivity index (χ2v) is 3.41. The van der Waals surface area contributed by atoms with Crippen LogP contribution in [0.5, 0.6) is 0 Å². The molecule has 0 amide bonds. The van der Waals surface area contributed by atoms with Gasteiger partial charge in [0.1, 0.15) is 11.6 Å². The Morgan fingerprint density at radius 1 is 1.58 bits per heavy atom. The summed E-state index contributed by atoms with van der Waals surface area (Å²) in [5.74, 6) is -0.500. The third-order valence-electron chi connectivity index (χ3n) is 0.973. The molecule has 12 heavy (non-hydrogen) atoms. The Bertz CT molecular complexity index is 213. The van der Waals surface area contributed by atoms with Crippen LogP contribution in [-0.4, -0.2) is 17.6 Å². The van der Waals surface area contributed by atoms with Gasteiger partial charge in [-0.15, -0.1) is 0 Å². The molecule has 1 atom stereocenters. The molecule has 5 nitrogen and oxygen atoms in total. The number of esters is 1. The van der Waals surface area contributed by atoms with Crippen LogP contribution in [-0.2, 0) is 9.53 Å². The van der Waals surface area contributed by atoms with Crippen molar-refractivity contribution < 1.29 is 9.53 Å². The maximum Gasteiger partial charge on any atom is 0.315 e. The molecule has 0 fully saturated rings. The van der Waals surface area contributed by atoms with Gasteiger partial charge in [-0.05, 0) is 33.2 Å². The van der Waals surface area contributed by atoms with Crippen LogP contribution < -0.4 is 0 Å². The van der Waals surface area contributed by atoms with Crippen molar-refractivity contribution in [3.63, 3.8) is 0 Å². The fourth-order valence-electron chi connectivity index (χ4n) is 0.512. The smallest absolute Gasteiger partial charge is 0.315 e. The Morgan fingerprint density at radius 3 is 2.42 bits per heavy atom. The summed E-state index contributed by atoms with van der Waals surface area (Å²) in [6, 6.07) is -0.755. The van der Waals surface area contributed by atoms with Crippen molar-refractivity contribution in [2.45, 2.75) is 39.3 Å². The Morgan fingerprint density at radius 2 is 2.08 bits per heavy atom. The van der Waals surface area contributed by atoms with Gasteiger partial charge < -0.3 is 4.74 Å². The molecule has 5 heteroatoms. The normalized spacial score (nSPS) is 13.0. The third kappa shape index (κ3) is 4.57. The van der Waals surface area contributed by atoms with Crippen LogP contribution in [0.3, 0.4) is 0 Å². The summed E-state index contributed by atoms with van der Waals surface area (Å²) in [6.07, 6.45) is 0. The molecule has 0 aliphatic rings. The summed E-state index contributed by atoms with van der Waals surface area (Å²) in [6.45, 7) is 6.77. The van der Waals surface area contributed by atoms with Crippen LogP contribution in [0, 0.1) is 0 Å². The second-order valence-electron chi connectivity index (χ2n) is 3.41. The van der Waals surface area contributed by atoms with Gasteiger partial charge in [0, 0.05) is 4.91 Å². The van der Waals surface area contributed by atoms with E-state index in [0.717, 1.165) is 0 Å². The van der Waals surface area contributed by atoms with E-state index in [9.17, 15) is 4.79 Å². The predicted molar refractivity (Wildman–Crippen MR) is 44.5 cm³/mol.